The fourth-order valence-electron chi connectivity index (χ4n) is 2.82. The van der Waals surface area contributed by atoms with E-state index in [1.165, 1.54) is 6.20 Å². The topological polar surface area (TPSA) is 92.5 Å². The van der Waals surface area contributed by atoms with Crippen LogP contribution in [0.15, 0.2) is 6.20 Å². The first-order valence-electron chi connectivity index (χ1n) is 7.93. The molecule has 0 aromatic carbocycles. The summed E-state index contributed by atoms with van der Waals surface area (Å²) >= 11 is 6.09. The normalized spacial score (nSPS) is 22.6. The molecule has 25 heavy (non-hydrogen) atoms. The van der Waals surface area contributed by atoms with Crippen molar-refractivity contribution in [3.63, 3.8) is 0 Å². The number of imidazole rings is 1. The van der Waals surface area contributed by atoms with Gasteiger partial charge in [-0.3, -0.25) is 0 Å². The van der Waals surface area contributed by atoms with Crippen molar-refractivity contribution in [2.24, 2.45) is 0 Å². The van der Waals surface area contributed by atoms with Gasteiger partial charge in [0.15, 0.2) is 5.15 Å². The average Bonchev–Trinajstić information content (AvgIpc) is 2.85. The van der Waals surface area contributed by atoms with E-state index in [-0.39, 0.29) is 25.0 Å². The summed E-state index contributed by atoms with van der Waals surface area (Å²) in [5, 5.41) is 7.64. The van der Waals surface area contributed by atoms with Gasteiger partial charge in [0.1, 0.15) is 17.5 Å². The van der Waals surface area contributed by atoms with Crippen LogP contribution in [-0.2, 0) is 10.0 Å². The van der Waals surface area contributed by atoms with Crippen molar-refractivity contribution in [2.45, 2.75) is 38.4 Å². The van der Waals surface area contributed by atoms with E-state index in [4.69, 9.17) is 11.6 Å². The molecule has 138 valence electrons. The summed E-state index contributed by atoms with van der Waals surface area (Å²) in [7, 11) is -3.39. The van der Waals surface area contributed by atoms with Gasteiger partial charge in [0.2, 0.25) is 16.0 Å². The van der Waals surface area contributed by atoms with Crippen molar-refractivity contribution in [1.82, 2.24) is 23.9 Å². The zero-order chi connectivity index (χ0) is 18.4. The van der Waals surface area contributed by atoms with E-state index >= 15 is 0 Å². The minimum Gasteiger partial charge on any atom is -0.347 e. The Balaban J connectivity index is 1.81. The van der Waals surface area contributed by atoms with Crippen LogP contribution in [0, 0.1) is 0 Å². The van der Waals surface area contributed by atoms with E-state index in [1.54, 1.807) is 4.52 Å². The van der Waals surface area contributed by atoms with Crippen molar-refractivity contribution in [3.05, 3.63) is 17.2 Å². The van der Waals surface area contributed by atoms with Crippen LogP contribution in [0.2, 0.25) is 5.15 Å². The summed E-state index contributed by atoms with van der Waals surface area (Å²) in [5.41, 5.74) is 0.583. The fourth-order valence-corrected chi connectivity index (χ4v) is 3.88. The molecule has 0 amide bonds. The van der Waals surface area contributed by atoms with Crippen molar-refractivity contribution >= 4 is 33.1 Å². The Morgan fingerprint density at radius 1 is 1.44 bits per heavy atom. The highest BCUT2D eigenvalue weighted by Crippen LogP contribution is 2.23. The van der Waals surface area contributed by atoms with Crippen LogP contribution in [0.4, 0.5) is 10.3 Å². The van der Waals surface area contributed by atoms with Gasteiger partial charge in [-0.2, -0.15) is 4.31 Å². The molecular formula is C14H20ClFN6O2S. The Morgan fingerprint density at radius 3 is 2.76 bits per heavy atom. The molecule has 3 heterocycles. The molecule has 0 radical (unpaired) electrons. The lowest BCUT2D eigenvalue weighted by Gasteiger charge is -2.33. The van der Waals surface area contributed by atoms with Gasteiger partial charge in [-0.1, -0.05) is 25.4 Å². The van der Waals surface area contributed by atoms with Gasteiger partial charge in [0.05, 0.1) is 18.5 Å². The minimum absolute atomic E-state index is 0.106. The molecule has 1 saturated heterocycles. The molecule has 2 atom stereocenters. The molecule has 0 saturated carbocycles. The Hall–Kier alpha value is -1.52. The minimum atomic E-state index is -3.39. The highest BCUT2D eigenvalue weighted by Gasteiger charge is 2.33. The van der Waals surface area contributed by atoms with Gasteiger partial charge in [0, 0.05) is 19.0 Å². The molecule has 11 heteroatoms. The maximum atomic E-state index is 14.4. The van der Waals surface area contributed by atoms with Crippen LogP contribution < -0.4 is 5.32 Å². The Morgan fingerprint density at radius 2 is 2.16 bits per heavy atom. The van der Waals surface area contributed by atoms with Crippen molar-refractivity contribution < 1.29 is 12.8 Å². The van der Waals surface area contributed by atoms with Crippen LogP contribution in [-0.4, -0.2) is 63.9 Å². The summed E-state index contributed by atoms with van der Waals surface area (Å²) < 4.78 is 40.2. The van der Waals surface area contributed by atoms with E-state index in [0.29, 0.717) is 22.9 Å². The molecule has 1 aliphatic rings. The maximum Gasteiger partial charge on any atom is 0.241 e. The smallest absolute Gasteiger partial charge is 0.241 e. The van der Waals surface area contributed by atoms with E-state index in [2.05, 4.69) is 20.4 Å². The van der Waals surface area contributed by atoms with Crippen LogP contribution >= 0.6 is 11.6 Å². The SMILES string of the molecule is CC(C)c1nc(Cl)c2cnc(N[C@@H]3CCN(S(C)(=O)=O)C[C@H]3F)nn12. The number of nitrogens with one attached hydrogen (secondary N) is 1. The summed E-state index contributed by atoms with van der Waals surface area (Å²) in [6.07, 6.45) is 1.60. The van der Waals surface area contributed by atoms with Gasteiger partial charge in [0.25, 0.3) is 0 Å². The number of rotatable bonds is 4. The first kappa shape index (κ1) is 18.3. The Bertz CT molecular complexity index is 887. The third-order valence-electron chi connectivity index (χ3n) is 4.18. The number of fused-ring (bicyclic) bond motifs is 1. The summed E-state index contributed by atoms with van der Waals surface area (Å²) in [6, 6.07) is -0.558. The van der Waals surface area contributed by atoms with Gasteiger partial charge in [-0.25, -0.2) is 27.3 Å². The monoisotopic (exact) mass is 390 g/mol. The lowest BCUT2D eigenvalue weighted by molar-refractivity contribution is 0.186. The lowest BCUT2D eigenvalue weighted by atomic mass is 10.1. The zero-order valence-electron chi connectivity index (χ0n) is 14.1. The molecule has 0 bridgehead atoms. The highest BCUT2D eigenvalue weighted by atomic mass is 35.5. The first-order chi connectivity index (χ1) is 11.7. The number of halogens is 2. The molecule has 1 aliphatic heterocycles. The van der Waals surface area contributed by atoms with E-state index in [1.807, 2.05) is 13.8 Å². The second kappa shape index (κ2) is 6.65. The number of sulfonamides is 1. The predicted octanol–water partition coefficient (Wildman–Crippen LogP) is 1.69. The molecule has 1 N–H and O–H groups in total. The van der Waals surface area contributed by atoms with Crippen LogP contribution in [0.5, 0.6) is 0 Å². The van der Waals surface area contributed by atoms with Gasteiger partial charge < -0.3 is 5.32 Å². The van der Waals surface area contributed by atoms with E-state index in [0.717, 1.165) is 10.6 Å². The Labute approximate surface area is 150 Å². The average molecular weight is 391 g/mol. The lowest BCUT2D eigenvalue weighted by Crippen LogP contribution is -2.49. The number of anilines is 1. The van der Waals surface area contributed by atoms with E-state index in [9.17, 15) is 12.8 Å². The maximum absolute atomic E-state index is 14.4. The van der Waals surface area contributed by atoms with Crippen molar-refractivity contribution in [1.29, 1.82) is 0 Å². The molecular weight excluding hydrogens is 371 g/mol. The van der Waals surface area contributed by atoms with Gasteiger partial charge in [-0.15, -0.1) is 5.10 Å². The molecule has 2 aromatic heterocycles. The third-order valence-corrected chi connectivity index (χ3v) is 5.72. The second-order valence-corrected chi connectivity index (χ2v) is 8.81. The van der Waals surface area contributed by atoms with Crippen molar-refractivity contribution in [3.8, 4) is 0 Å². The van der Waals surface area contributed by atoms with Crippen LogP contribution in [0.3, 0.4) is 0 Å². The van der Waals surface area contributed by atoms with Crippen LogP contribution in [0.1, 0.15) is 32.0 Å². The van der Waals surface area contributed by atoms with Gasteiger partial charge >= 0.3 is 0 Å². The molecule has 2 aromatic rings. The van der Waals surface area contributed by atoms with Crippen LogP contribution in [0.25, 0.3) is 5.52 Å². The molecule has 3 rings (SSSR count). The molecule has 8 nitrogen and oxygen atoms in total. The Kier molecular flexibility index (Phi) is 4.86. The number of hydrogen-bond acceptors (Lipinski definition) is 6. The fraction of sp³-hybridized carbons (Fsp3) is 0.643. The highest BCUT2D eigenvalue weighted by molar-refractivity contribution is 7.88. The predicted molar refractivity (Wildman–Crippen MR) is 93.2 cm³/mol. The summed E-state index contributed by atoms with van der Waals surface area (Å²) in [6.45, 7) is 4.03. The number of piperidine rings is 1. The van der Waals surface area contributed by atoms with E-state index < -0.39 is 22.2 Å². The largest absolute Gasteiger partial charge is 0.347 e. The summed E-state index contributed by atoms with van der Waals surface area (Å²) in [5.74, 6) is 1.05. The third kappa shape index (κ3) is 3.70. The quantitative estimate of drug-likeness (QED) is 0.853. The standard InChI is InChI=1S/C14H20ClFN6O2S/c1-8(2)13-19-12(15)11-6-17-14(20-22(11)13)18-10-4-5-21(7-9(10)16)25(3,23)24/h6,8-10H,4-5,7H2,1-3H3,(H,18,20)/t9-,10-/m1/s1. The molecule has 1 fully saturated rings. The number of hydrogen-bond donors (Lipinski definition) is 1. The molecule has 0 spiro atoms. The van der Waals surface area contributed by atoms with Crippen molar-refractivity contribution in [2.75, 3.05) is 24.7 Å². The van der Waals surface area contributed by atoms with Gasteiger partial charge in [-0.05, 0) is 6.42 Å². The molecule has 0 aliphatic carbocycles. The number of aromatic nitrogens is 4. The summed E-state index contributed by atoms with van der Waals surface area (Å²) in [4.78, 5) is 8.45. The number of alkyl halides is 1. The second-order valence-electron chi connectivity index (χ2n) is 6.47. The number of nitrogens with zero attached hydrogens (tertiary/aromatic N) is 5. The first-order valence-corrected chi connectivity index (χ1v) is 10.2. The molecule has 0 unspecified atom stereocenters. The zero-order valence-corrected chi connectivity index (χ0v) is 15.7.